The number of carbonyl (C=O) groups is 1. The zero-order valence-corrected chi connectivity index (χ0v) is 14.5. The minimum Gasteiger partial charge on any atom is -0.508 e. The summed E-state index contributed by atoms with van der Waals surface area (Å²) in [6.07, 6.45) is 3.75. The lowest BCUT2D eigenvalue weighted by Crippen LogP contribution is -2.19. The largest absolute Gasteiger partial charge is 0.508 e. The van der Waals surface area contributed by atoms with Gasteiger partial charge >= 0.3 is 0 Å². The highest BCUT2D eigenvalue weighted by molar-refractivity contribution is 8.18. The Morgan fingerprint density at radius 1 is 1.00 bits per heavy atom. The number of para-hydroxylation sites is 1. The first-order valence-electron chi connectivity index (χ1n) is 8.00. The lowest BCUT2D eigenvalue weighted by molar-refractivity contribution is -0.115. The van der Waals surface area contributed by atoms with Crippen LogP contribution in [0.5, 0.6) is 5.75 Å². The number of amides is 1. The van der Waals surface area contributed by atoms with Gasteiger partial charge in [-0.3, -0.25) is 4.79 Å². The van der Waals surface area contributed by atoms with Crippen molar-refractivity contribution >= 4 is 34.6 Å². The van der Waals surface area contributed by atoms with Crippen LogP contribution in [0, 0.1) is 0 Å². The van der Waals surface area contributed by atoms with E-state index in [1.54, 1.807) is 12.1 Å². The molecule has 0 bridgehead atoms. The number of phenols is 1. The first kappa shape index (κ1) is 16.2. The number of aliphatic imine (C=N–C) groups is 1. The smallest absolute Gasteiger partial charge is 0.264 e. The second-order valence-electron chi connectivity index (χ2n) is 5.64. The molecule has 0 aliphatic carbocycles. The molecule has 1 amide bonds. The average molecular weight is 361 g/mol. The van der Waals surface area contributed by atoms with E-state index in [1.165, 1.54) is 11.8 Å². The first-order chi connectivity index (χ1) is 12.7. The van der Waals surface area contributed by atoms with E-state index in [2.05, 4.69) is 10.3 Å². The SMILES string of the molecule is O=C1NC(=Nc2ccccc2)S/C1=C\c1cccn1-c1ccc(O)cc1. The molecule has 2 aromatic carbocycles. The summed E-state index contributed by atoms with van der Waals surface area (Å²) in [5.41, 5.74) is 2.57. The Morgan fingerprint density at radius 3 is 2.54 bits per heavy atom. The van der Waals surface area contributed by atoms with Crippen LogP contribution in [-0.2, 0) is 4.79 Å². The van der Waals surface area contributed by atoms with Crippen LogP contribution in [0.4, 0.5) is 5.69 Å². The molecule has 0 saturated carbocycles. The molecule has 1 saturated heterocycles. The fraction of sp³-hybridized carbons (Fsp3) is 0. The van der Waals surface area contributed by atoms with Crippen LogP contribution in [0.15, 0.2) is 82.8 Å². The molecule has 2 heterocycles. The topological polar surface area (TPSA) is 66.6 Å². The van der Waals surface area contributed by atoms with Gasteiger partial charge < -0.3 is 15.0 Å². The molecular formula is C20H15N3O2S. The fourth-order valence-corrected chi connectivity index (χ4v) is 3.42. The number of amidine groups is 1. The molecule has 1 aliphatic rings. The Hall–Kier alpha value is -3.25. The number of aromatic nitrogens is 1. The summed E-state index contributed by atoms with van der Waals surface area (Å²) in [5, 5.41) is 12.8. The van der Waals surface area contributed by atoms with Crippen LogP contribution in [0.3, 0.4) is 0 Å². The normalized spacial score (nSPS) is 17.0. The van der Waals surface area contributed by atoms with Gasteiger partial charge in [-0.2, -0.15) is 0 Å². The number of thioether (sulfide) groups is 1. The summed E-state index contributed by atoms with van der Waals surface area (Å²) >= 11 is 1.32. The lowest BCUT2D eigenvalue weighted by Gasteiger charge is -2.06. The van der Waals surface area contributed by atoms with Crippen LogP contribution in [0.25, 0.3) is 11.8 Å². The van der Waals surface area contributed by atoms with Crippen molar-refractivity contribution in [1.29, 1.82) is 0 Å². The van der Waals surface area contributed by atoms with Crippen LogP contribution in [0.1, 0.15) is 5.69 Å². The van der Waals surface area contributed by atoms with E-state index >= 15 is 0 Å². The van der Waals surface area contributed by atoms with E-state index in [0.717, 1.165) is 17.1 Å². The fourth-order valence-electron chi connectivity index (χ4n) is 2.59. The summed E-state index contributed by atoms with van der Waals surface area (Å²) in [6.45, 7) is 0. The quantitative estimate of drug-likeness (QED) is 0.691. The van der Waals surface area contributed by atoms with Crippen LogP contribution < -0.4 is 5.32 Å². The monoisotopic (exact) mass is 361 g/mol. The van der Waals surface area contributed by atoms with Crippen LogP contribution in [-0.4, -0.2) is 20.7 Å². The van der Waals surface area contributed by atoms with Crippen molar-refractivity contribution in [3.63, 3.8) is 0 Å². The highest BCUT2D eigenvalue weighted by Crippen LogP contribution is 2.28. The zero-order valence-electron chi connectivity index (χ0n) is 13.7. The van der Waals surface area contributed by atoms with Gasteiger partial charge in [0.1, 0.15) is 5.75 Å². The van der Waals surface area contributed by atoms with Gasteiger partial charge in [0.15, 0.2) is 5.17 Å². The molecular weight excluding hydrogens is 346 g/mol. The number of carbonyl (C=O) groups excluding carboxylic acids is 1. The first-order valence-corrected chi connectivity index (χ1v) is 8.82. The average Bonchev–Trinajstić information content (AvgIpc) is 3.24. The zero-order chi connectivity index (χ0) is 17.9. The van der Waals surface area contributed by atoms with Gasteiger partial charge in [-0.15, -0.1) is 0 Å². The van der Waals surface area contributed by atoms with E-state index in [1.807, 2.05) is 71.4 Å². The summed E-state index contributed by atoms with van der Waals surface area (Å²) < 4.78 is 1.95. The molecule has 26 heavy (non-hydrogen) atoms. The molecule has 0 atom stereocenters. The van der Waals surface area contributed by atoms with Crippen molar-refractivity contribution in [3.05, 3.63) is 83.5 Å². The number of nitrogens with one attached hydrogen (secondary N) is 1. The van der Waals surface area contributed by atoms with Gasteiger partial charge in [-0.25, -0.2) is 4.99 Å². The number of benzene rings is 2. The molecule has 1 aromatic heterocycles. The van der Waals surface area contributed by atoms with E-state index in [9.17, 15) is 9.90 Å². The number of hydrogen-bond acceptors (Lipinski definition) is 4. The van der Waals surface area contributed by atoms with Gasteiger partial charge in [0.05, 0.1) is 10.6 Å². The predicted molar refractivity (Wildman–Crippen MR) is 105 cm³/mol. The molecule has 1 fully saturated rings. The number of nitrogens with zero attached hydrogens (tertiary/aromatic N) is 2. The standard InChI is InChI=1S/C20H15N3O2S/c24-17-10-8-15(9-11-17)23-12-4-7-16(23)13-18-19(25)22-20(26-18)21-14-5-2-1-3-6-14/h1-13,24H,(H,21,22,25)/b18-13-. The Morgan fingerprint density at radius 2 is 1.77 bits per heavy atom. The van der Waals surface area contributed by atoms with Gasteiger partial charge in [-0.05, 0) is 66.4 Å². The molecule has 1 aliphatic heterocycles. The maximum absolute atomic E-state index is 12.3. The Labute approximate surface area is 154 Å². The number of phenolic OH excluding ortho intramolecular Hbond substituents is 1. The van der Waals surface area contributed by atoms with Crippen molar-refractivity contribution in [1.82, 2.24) is 9.88 Å². The van der Waals surface area contributed by atoms with Crippen molar-refractivity contribution in [2.75, 3.05) is 0 Å². The van der Waals surface area contributed by atoms with Crippen molar-refractivity contribution in [2.24, 2.45) is 4.99 Å². The third kappa shape index (κ3) is 3.41. The highest BCUT2D eigenvalue weighted by atomic mass is 32.2. The van der Waals surface area contributed by atoms with E-state index in [-0.39, 0.29) is 11.7 Å². The third-order valence-corrected chi connectivity index (χ3v) is 4.73. The summed E-state index contributed by atoms with van der Waals surface area (Å²) in [4.78, 5) is 17.3. The maximum Gasteiger partial charge on any atom is 0.264 e. The van der Waals surface area contributed by atoms with E-state index in [4.69, 9.17) is 0 Å². The van der Waals surface area contributed by atoms with Crippen molar-refractivity contribution < 1.29 is 9.90 Å². The Balaban J connectivity index is 1.62. The molecule has 2 N–H and O–H groups in total. The Kier molecular flexibility index (Phi) is 4.33. The second kappa shape index (κ2) is 6.93. The van der Waals surface area contributed by atoms with Crippen molar-refractivity contribution in [3.8, 4) is 11.4 Å². The summed E-state index contributed by atoms with van der Waals surface area (Å²) in [5.74, 6) is 0.0523. The maximum atomic E-state index is 12.3. The molecule has 0 spiro atoms. The molecule has 3 aromatic rings. The van der Waals surface area contributed by atoms with Gasteiger partial charge in [-0.1, -0.05) is 18.2 Å². The second-order valence-corrected chi connectivity index (χ2v) is 6.67. The molecule has 6 heteroatoms. The third-order valence-electron chi connectivity index (χ3n) is 3.82. The lowest BCUT2D eigenvalue weighted by atomic mass is 10.3. The minimum absolute atomic E-state index is 0.164. The molecule has 0 radical (unpaired) electrons. The molecule has 4 rings (SSSR count). The minimum atomic E-state index is -0.164. The van der Waals surface area contributed by atoms with E-state index < -0.39 is 0 Å². The van der Waals surface area contributed by atoms with Crippen LogP contribution in [0.2, 0.25) is 0 Å². The van der Waals surface area contributed by atoms with Gasteiger partial charge in [0, 0.05) is 17.6 Å². The molecule has 0 unspecified atom stereocenters. The summed E-state index contributed by atoms with van der Waals surface area (Å²) in [6, 6.07) is 20.3. The van der Waals surface area contributed by atoms with Crippen molar-refractivity contribution in [2.45, 2.75) is 0 Å². The number of aromatic hydroxyl groups is 1. The molecule has 128 valence electrons. The summed E-state index contributed by atoms with van der Waals surface area (Å²) in [7, 11) is 0. The predicted octanol–water partition coefficient (Wildman–Crippen LogP) is 4.07. The number of hydrogen-bond donors (Lipinski definition) is 2. The van der Waals surface area contributed by atoms with Gasteiger partial charge in [0.25, 0.3) is 5.91 Å². The highest BCUT2D eigenvalue weighted by Gasteiger charge is 2.24. The van der Waals surface area contributed by atoms with Crippen LogP contribution >= 0.6 is 11.8 Å². The Bertz CT molecular complexity index is 1010. The van der Waals surface area contributed by atoms with Gasteiger partial charge in [0.2, 0.25) is 0 Å². The number of rotatable bonds is 3. The molecule has 5 nitrogen and oxygen atoms in total. The van der Waals surface area contributed by atoms with E-state index in [0.29, 0.717) is 10.1 Å².